The molecule has 0 aliphatic rings. The second kappa shape index (κ2) is 6.15. The summed E-state index contributed by atoms with van der Waals surface area (Å²) in [4.78, 5) is 10.1. The van der Waals surface area contributed by atoms with Crippen LogP contribution in [0.2, 0.25) is 0 Å². The molecule has 0 aliphatic heterocycles. The summed E-state index contributed by atoms with van der Waals surface area (Å²) in [5.74, 6) is 1.36. The fourth-order valence-corrected chi connectivity index (χ4v) is 1.30. The first-order valence-corrected chi connectivity index (χ1v) is 5.01. The van der Waals surface area contributed by atoms with Crippen LogP contribution in [0.15, 0.2) is 30.3 Å². The van der Waals surface area contributed by atoms with E-state index < -0.39 is 6.09 Å². The van der Waals surface area contributed by atoms with E-state index in [0.717, 1.165) is 5.75 Å². The quantitative estimate of drug-likeness (QED) is 0.580. The van der Waals surface area contributed by atoms with Crippen LogP contribution in [-0.4, -0.2) is 23.5 Å². The summed E-state index contributed by atoms with van der Waals surface area (Å²) in [5, 5.41) is 10.5. The number of benzene rings is 1. The molecule has 0 bridgehead atoms. The van der Waals surface area contributed by atoms with Crippen LogP contribution in [0, 0.1) is 0 Å². The Labute approximate surface area is 86.5 Å². The molecule has 14 heavy (non-hydrogen) atoms. The number of nitrogens with one attached hydrogen (secondary N) is 1. The van der Waals surface area contributed by atoms with Crippen molar-refractivity contribution in [3.8, 4) is 5.75 Å². The number of carboxylic acid groups (broad SMARTS) is 1. The Morgan fingerprint density at radius 2 is 2.14 bits per heavy atom. The highest BCUT2D eigenvalue weighted by Gasteiger charge is 1.95. The first-order valence-electron chi connectivity index (χ1n) is 4.10. The molecule has 2 N–H and O–H groups in total. The number of hydrogen-bond donors (Lipinski definition) is 2. The van der Waals surface area contributed by atoms with Gasteiger partial charge in [-0.2, -0.15) is 0 Å². The third-order valence-electron chi connectivity index (χ3n) is 1.36. The second-order valence-corrected chi connectivity index (χ2v) is 3.26. The summed E-state index contributed by atoms with van der Waals surface area (Å²) in [6.45, 7) is 0.382. The minimum absolute atomic E-state index is 0.382. The van der Waals surface area contributed by atoms with Crippen LogP contribution < -0.4 is 9.50 Å². The Morgan fingerprint density at radius 3 is 2.79 bits per heavy atom. The van der Waals surface area contributed by atoms with Crippen molar-refractivity contribution in [3.05, 3.63) is 30.3 Å². The van der Waals surface area contributed by atoms with Crippen molar-refractivity contribution in [2.75, 3.05) is 12.3 Å². The third kappa shape index (κ3) is 4.61. The van der Waals surface area contributed by atoms with Gasteiger partial charge in [-0.25, -0.2) is 4.79 Å². The zero-order valence-electron chi connectivity index (χ0n) is 7.47. The van der Waals surface area contributed by atoms with Crippen molar-refractivity contribution in [1.82, 2.24) is 5.32 Å². The first kappa shape index (κ1) is 10.7. The lowest BCUT2D eigenvalue weighted by Gasteiger charge is -2.03. The fourth-order valence-electron chi connectivity index (χ4n) is 0.785. The molecule has 1 aromatic rings. The van der Waals surface area contributed by atoms with Crippen molar-refractivity contribution in [2.45, 2.75) is 0 Å². The number of para-hydroxylation sites is 1. The maximum atomic E-state index is 10.1. The van der Waals surface area contributed by atoms with E-state index >= 15 is 0 Å². The Hall–Kier alpha value is -1.36. The summed E-state index contributed by atoms with van der Waals surface area (Å²) >= 11 is 1.22. The smallest absolute Gasteiger partial charge is 0.404 e. The summed E-state index contributed by atoms with van der Waals surface area (Å²) in [6, 6.07) is 9.36. The maximum Gasteiger partial charge on any atom is 0.404 e. The van der Waals surface area contributed by atoms with E-state index in [-0.39, 0.29) is 0 Å². The van der Waals surface area contributed by atoms with Gasteiger partial charge in [-0.05, 0) is 12.1 Å². The van der Waals surface area contributed by atoms with Crippen LogP contribution in [0.5, 0.6) is 5.75 Å². The average Bonchev–Trinajstić information content (AvgIpc) is 2.18. The van der Waals surface area contributed by atoms with Crippen LogP contribution in [0.1, 0.15) is 0 Å². The maximum absolute atomic E-state index is 10.1. The fraction of sp³-hybridized carbons (Fsp3) is 0.222. The largest absolute Gasteiger partial charge is 0.465 e. The van der Waals surface area contributed by atoms with E-state index in [1.54, 1.807) is 0 Å². The predicted molar refractivity (Wildman–Crippen MR) is 55.6 cm³/mol. The Kier molecular flexibility index (Phi) is 4.71. The molecular formula is C9H11NO3S. The number of carbonyl (C=O) groups is 1. The number of hydrogen-bond acceptors (Lipinski definition) is 3. The van der Waals surface area contributed by atoms with E-state index in [0.29, 0.717) is 12.3 Å². The normalized spacial score (nSPS) is 9.43. The van der Waals surface area contributed by atoms with Gasteiger partial charge < -0.3 is 14.6 Å². The molecule has 1 aromatic carbocycles. The molecule has 1 amide bonds. The van der Waals surface area contributed by atoms with Gasteiger partial charge in [-0.1, -0.05) is 18.2 Å². The van der Waals surface area contributed by atoms with Gasteiger partial charge in [0.25, 0.3) is 0 Å². The van der Waals surface area contributed by atoms with E-state index in [2.05, 4.69) is 5.32 Å². The van der Waals surface area contributed by atoms with E-state index in [1.165, 1.54) is 12.0 Å². The summed E-state index contributed by atoms with van der Waals surface area (Å²) in [5.41, 5.74) is 0. The van der Waals surface area contributed by atoms with Crippen LogP contribution in [0.3, 0.4) is 0 Å². The van der Waals surface area contributed by atoms with Crippen LogP contribution in [-0.2, 0) is 0 Å². The van der Waals surface area contributed by atoms with E-state index in [1.807, 2.05) is 30.3 Å². The van der Waals surface area contributed by atoms with E-state index in [9.17, 15) is 4.79 Å². The molecular weight excluding hydrogens is 202 g/mol. The first-order chi connectivity index (χ1) is 6.79. The average molecular weight is 213 g/mol. The van der Waals surface area contributed by atoms with Crippen LogP contribution in [0.4, 0.5) is 4.79 Å². The van der Waals surface area contributed by atoms with Gasteiger partial charge in [0, 0.05) is 12.3 Å². The molecule has 0 radical (unpaired) electrons. The lowest BCUT2D eigenvalue weighted by Crippen LogP contribution is -2.23. The molecule has 0 unspecified atom stereocenters. The summed E-state index contributed by atoms with van der Waals surface area (Å²) < 4.78 is 5.27. The number of amides is 1. The number of rotatable bonds is 5. The topological polar surface area (TPSA) is 58.6 Å². The zero-order valence-corrected chi connectivity index (χ0v) is 8.29. The molecule has 0 aromatic heterocycles. The second-order valence-electron chi connectivity index (χ2n) is 2.45. The van der Waals surface area contributed by atoms with Crippen molar-refractivity contribution < 1.29 is 14.1 Å². The SMILES string of the molecule is O=C(O)NCCSOc1ccccc1. The molecule has 0 heterocycles. The Bertz CT molecular complexity index is 279. The molecule has 0 saturated heterocycles. The molecule has 5 heteroatoms. The minimum atomic E-state index is -1.01. The molecule has 0 atom stereocenters. The standard InChI is InChI=1S/C9H11NO3S/c11-9(12)10-6-7-14-13-8-4-2-1-3-5-8/h1-5,10H,6-7H2,(H,11,12). The molecule has 0 fully saturated rings. The molecule has 1 rings (SSSR count). The Balaban J connectivity index is 2.08. The van der Waals surface area contributed by atoms with E-state index in [4.69, 9.17) is 9.29 Å². The van der Waals surface area contributed by atoms with Gasteiger partial charge >= 0.3 is 6.09 Å². The van der Waals surface area contributed by atoms with Crippen LogP contribution >= 0.6 is 12.0 Å². The van der Waals surface area contributed by atoms with Gasteiger partial charge in [0.1, 0.15) is 5.75 Å². The third-order valence-corrected chi connectivity index (χ3v) is 2.04. The van der Waals surface area contributed by atoms with Crippen molar-refractivity contribution in [3.63, 3.8) is 0 Å². The Morgan fingerprint density at radius 1 is 1.43 bits per heavy atom. The molecule has 76 valence electrons. The van der Waals surface area contributed by atoms with Gasteiger partial charge in [0.15, 0.2) is 0 Å². The minimum Gasteiger partial charge on any atom is -0.465 e. The highest BCUT2D eigenvalue weighted by atomic mass is 32.2. The summed E-state index contributed by atoms with van der Waals surface area (Å²) in [6.07, 6.45) is -1.01. The monoisotopic (exact) mass is 213 g/mol. The lowest BCUT2D eigenvalue weighted by atomic mass is 10.3. The van der Waals surface area contributed by atoms with Crippen molar-refractivity contribution >= 4 is 18.1 Å². The van der Waals surface area contributed by atoms with Crippen molar-refractivity contribution in [2.24, 2.45) is 0 Å². The molecule has 4 nitrogen and oxygen atoms in total. The van der Waals surface area contributed by atoms with Gasteiger partial charge in [-0.15, -0.1) is 0 Å². The molecule has 0 spiro atoms. The van der Waals surface area contributed by atoms with Gasteiger partial charge in [0.05, 0.1) is 12.0 Å². The van der Waals surface area contributed by atoms with Crippen LogP contribution in [0.25, 0.3) is 0 Å². The predicted octanol–water partition coefficient (Wildman–Crippen LogP) is 1.98. The van der Waals surface area contributed by atoms with Gasteiger partial charge in [0.2, 0.25) is 0 Å². The molecule has 0 aliphatic carbocycles. The highest BCUT2D eigenvalue weighted by Crippen LogP contribution is 2.14. The highest BCUT2D eigenvalue weighted by molar-refractivity contribution is 7.95. The lowest BCUT2D eigenvalue weighted by molar-refractivity contribution is 0.195. The zero-order chi connectivity index (χ0) is 10.2. The molecule has 0 saturated carbocycles. The van der Waals surface area contributed by atoms with Crippen molar-refractivity contribution in [1.29, 1.82) is 0 Å². The summed E-state index contributed by atoms with van der Waals surface area (Å²) in [7, 11) is 0. The van der Waals surface area contributed by atoms with Gasteiger partial charge in [-0.3, -0.25) is 0 Å².